The van der Waals surface area contributed by atoms with Crippen molar-refractivity contribution in [2.75, 3.05) is 33.2 Å². The highest BCUT2D eigenvalue weighted by Gasteiger charge is 2.28. The van der Waals surface area contributed by atoms with Crippen LogP contribution in [0.3, 0.4) is 0 Å². The summed E-state index contributed by atoms with van der Waals surface area (Å²) < 4.78 is 15.0. The van der Waals surface area contributed by atoms with Crippen molar-refractivity contribution in [2.45, 2.75) is 31.8 Å². The molecule has 2 rings (SSSR count). The maximum absolute atomic E-state index is 14.2. The minimum absolute atomic E-state index is 0.0590. The minimum atomic E-state index is -0.183. The second-order valence-corrected chi connectivity index (χ2v) is 6.66. The molecule has 0 aromatic heterocycles. The number of nitrogens with two attached hydrogens (primary N) is 1. The highest BCUT2D eigenvalue weighted by molar-refractivity contribution is 9.10. The van der Waals surface area contributed by atoms with Gasteiger partial charge in [0.1, 0.15) is 5.82 Å². The van der Waals surface area contributed by atoms with E-state index in [-0.39, 0.29) is 11.9 Å². The van der Waals surface area contributed by atoms with Gasteiger partial charge in [-0.3, -0.25) is 4.90 Å². The first kappa shape index (κ1) is 16.9. The monoisotopic (exact) mass is 357 g/mol. The highest BCUT2D eigenvalue weighted by atomic mass is 79.9. The highest BCUT2D eigenvalue weighted by Crippen LogP contribution is 2.28. The van der Waals surface area contributed by atoms with Crippen LogP contribution in [-0.2, 0) is 0 Å². The lowest BCUT2D eigenvalue weighted by Gasteiger charge is -2.40. The fourth-order valence-corrected chi connectivity index (χ4v) is 3.51. The maximum Gasteiger partial charge on any atom is 0.129 e. The summed E-state index contributed by atoms with van der Waals surface area (Å²) in [5.74, 6) is -0.183. The van der Waals surface area contributed by atoms with Gasteiger partial charge in [0.15, 0.2) is 0 Å². The van der Waals surface area contributed by atoms with E-state index in [2.05, 4.69) is 39.7 Å². The molecule has 1 aromatic rings. The van der Waals surface area contributed by atoms with Crippen LogP contribution in [0.25, 0.3) is 0 Å². The first-order valence-electron chi connectivity index (χ1n) is 7.66. The van der Waals surface area contributed by atoms with E-state index in [4.69, 9.17) is 5.73 Å². The van der Waals surface area contributed by atoms with Gasteiger partial charge < -0.3 is 10.6 Å². The molecule has 1 atom stereocenters. The quantitative estimate of drug-likeness (QED) is 0.878. The molecule has 5 heteroatoms. The number of hydrogen-bond donors (Lipinski definition) is 1. The van der Waals surface area contributed by atoms with Gasteiger partial charge in [-0.15, -0.1) is 0 Å². The normalized spacial score (nSPS) is 19.1. The van der Waals surface area contributed by atoms with Crippen LogP contribution in [0, 0.1) is 5.82 Å². The second kappa shape index (κ2) is 7.68. The predicted octanol–water partition coefficient (Wildman–Crippen LogP) is 3.00. The average Bonchev–Trinajstić information content (AvgIpc) is 2.50. The average molecular weight is 358 g/mol. The summed E-state index contributed by atoms with van der Waals surface area (Å²) in [6.45, 7) is 5.97. The van der Waals surface area contributed by atoms with Gasteiger partial charge in [-0.05, 0) is 51.7 Å². The Kier molecular flexibility index (Phi) is 6.17. The van der Waals surface area contributed by atoms with E-state index in [0.717, 1.165) is 36.9 Å². The van der Waals surface area contributed by atoms with Gasteiger partial charge >= 0.3 is 0 Å². The summed E-state index contributed by atoms with van der Waals surface area (Å²) in [6, 6.07) is 5.66. The molecule has 0 spiro atoms. The van der Waals surface area contributed by atoms with Crippen molar-refractivity contribution in [3.05, 3.63) is 34.1 Å². The van der Waals surface area contributed by atoms with E-state index in [0.29, 0.717) is 18.2 Å². The van der Waals surface area contributed by atoms with Crippen molar-refractivity contribution in [1.82, 2.24) is 9.80 Å². The Bertz CT molecular complexity index is 461. The molecular formula is C16H25BrFN3. The van der Waals surface area contributed by atoms with Crippen molar-refractivity contribution in [2.24, 2.45) is 5.73 Å². The van der Waals surface area contributed by atoms with Gasteiger partial charge in [0.05, 0.1) is 0 Å². The third-order valence-corrected chi connectivity index (χ3v) is 5.11. The zero-order valence-corrected chi connectivity index (χ0v) is 14.4. The van der Waals surface area contributed by atoms with Crippen molar-refractivity contribution in [3.63, 3.8) is 0 Å². The fourth-order valence-electron chi connectivity index (χ4n) is 3.18. The Labute approximate surface area is 135 Å². The number of hydrogen-bond acceptors (Lipinski definition) is 3. The summed E-state index contributed by atoms with van der Waals surface area (Å²) in [5, 5.41) is 0. The van der Waals surface area contributed by atoms with E-state index >= 15 is 0 Å². The van der Waals surface area contributed by atoms with Gasteiger partial charge in [0, 0.05) is 28.7 Å². The molecule has 1 heterocycles. The first-order valence-corrected chi connectivity index (χ1v) is 8.45. The zero-order chi connectivity index (χ0) is 15.4. The Morgan fingerprint density at radius 3 is 2.62 bits per heavy atom. The van der Waals surface area contributed by atoms with Crippen molar-refractivity contribution in [1.29, 1.82) is 0 Å². The van der Waals surface area contributed by atoms with Crippen LogP contribution in [0.1, 0.15) is 31.4 Å². The molecule has 118 valence electrons. The lowest BCUT2D eigenvalue weighted by atomic mass is 9.98. The molecule has 0 aliphatic carbocycles. The molecule has 1 aromatic carbocycles. The van der Waals surface area contributed by atoms with Crippen LogP contribution in [0.2, 0.25) is 0 Å². The molecule has 21 heavy (non-hydrogen) atoms. The molecule has 0 amide bonds. The smallest absolute Gasteiger partial charge is 0.129 e. The molecule has 1 saturated heterocycles. The van der Waals surface area contributed by atoms with E-state index in [1.807, 2.05) is 12.1 Å². The molecule has 1 aliphatic heterocycles. The molecule has 3 nitrogen and oxygen atoms in total. The summed E-state index contributed by atoms with van der Waals surface area (Å²) in [5.41, 5.74) is 6.64. The van der Waals surface area contributed by atoms with E-state index in [1.54, 1.807) is 0 Å². The molecule has 0 saturated carbocycles. The van der Waals surface area contributed by atoms with Gasteiger partial charge in [0.25, 0.3) is 0 Å². The number of likely N-dealkylation sites (N-methyl/N-ethyl adjacent to an activating group) is 1. The summed E-state index contributed by atoms with van der Waals surface area (Å²) >= 11 is 3.31. The predicted molar refractivity (Wildman–Crippen MR) is 88.8 cm³/mol. The number of piperidine rings is 1. The lowest BCUT2D eigenvalue weighted by Crippen LogP contribution is -2.46. The number of benzene rings is 1. The first-order chi connectivity index (χ1) is 10.1. The Morgan fingerprint density at radius 2 is 2.10 bits per heavy atom. The number of nitrogens with zero attached hydrogens (tertiary/aromatic N) is 2. The molecule has 1 unspecified atom stereocenters. The van der Waals surface area contributed by atoms with Crippen LogP contribution in [0.5, 0.6) is 0 Å². The molecular weight excluding hydrogens is 333 g/mol. The van der Waals surface area contributed by atoms with Gasteiger partial charge in [-0.2, -0.15) is 0 Å². The Morgan fingerprint density at radius 1 is 1.43 bits per heavy atom. The third kappa shape index (κ3) is 4.03. The van der Waals surface area contributed by atoms with Crippen LogP contribution in [-0.4, -0.2) is 49.1 Å². The maximum atomic E-state index is 14.2. The third-order valence-electron chi connectivity index (χ3n) is 4.62. The van der Waals surface area contributed by atoms with Gasteiger partial charge in [-0.1, -0.05) is 28.9 Å². The Hall–Kier alpha value is -0.490. The van der Waals surface area contributed by atoms with Crippen LogP contribution < -0.4 is 5.73 Å². The van der Waals surface area contributed by atoms with E-state index < -0.39 is 0 Å². The molecule has 0 radical (unpaired) electrons. The molecule has 1 aliphatic rings. The largest absolute Gasteiger partial charge is 0.329 e. The number of halogens is 2. The lowest BCUT2D eigenvalue weighted by molar-refractivity contribution is 0.0994. The van der Waals surface area contributed by atoms with Crippen LogP contribution in [0.15, 0.2) is 22.7 Å². The SMILES string of the molecule is CCN1CCC(N(C)C(CN)c2ccc(Br)cc2F)CC1. The summed E-state index contributed by atoms with van der Waals surface area (Å²) in [6.07, 6.45) is 2.25. The number of rotatable bonds is 5. The van der Waals surface area contributed by atoms with Crippen LogP contribution in [0.4, 0.5) is 4.39 Å². The minimum Gasteiger partial charge on any atom is -0.329 e. The van der Waals surface area contributed by atoms with E-state index in [9.17, 15) is 4.39 Å². The van der Waals surface area contributed by atoms with Gasteiger partial charge in [-0.25, -0.2) is 4.39 Å². The van der Waals surface area contributed by atoms with Gasteiger partial charge in [0.2, 0.25) is 0 Å². The summed E-state index contributed by atoms with van der Waals surface area (Å²) in [4.78, 5) is 4.72. The molecule has 2 N–H and O–H groups in total. The van der Waals surface area contributed by atoms with Crippen LogP contribution >= 0.6 is 15.9 Å². The van der Waals surface area contributed by atoms with Crippen molar-refractivity contribution >= 4 is 15.9 Å². The molecule has 0 bridgehead atoms. The standard InChI is InChI=1S/C16H25BrFN3/c1-3-21-8-6-13(7-9-21)20(2)16(11-19)14-5-4-12(17)10-15(14)18/h4-5,10,13,16H,3,6-9,11,19H2,1-2H3. The van der Waals surface area contributed by atoms with Crippen molar-refractivity contribution < 1.29 is 4.39 Å². The van der Waals surface area contributed by atoms with Crippen molar-refractivity contribution in [3.8, 4) is 0 Å². The topological polar surface area (TPSA) is 32.5 Å². The Balaban J connectivity index is 2.10. The molecule has 1 fully saturated rings. The van der Waals surface area contributed by atoms with E-state index in [1.165, 1.54) is 6.07 Å². The number of likely N-dealkylation sites (tertiary alicyclic amines) is 1. The summed E-state index contributed by atoms with van der Waals surface area (Å²) in [7, 11) is 2.07. The fraction of sp³-hybridized carbons (Fsp3) is 0.625. The second-order valence-electron chi connectivity index (χ2n) is 5.75. The zero-order valence-electron chi connectivity index (χ0n) is 12.9.